The first kappa shape index (κ1) is 15.2. The van der Waals surface area contributed by atoms with Crippen LogP contribution in [0.15, 0.2) is 28.8 Å². The van der Waals surface area contributed by atoms with Crippen LogP contribution in [0.2, 0.25) is 5.02 Å². The van der Waals surface area contributed by atoms with Crippen LogP contribution in [0.5, 0.6) is 0 Å². The summed E-state index contributed by atoms with van der Waals surface area (Å²) < 4.78 is 6.05. The number of halogens is 1. The molecule has 0 radical (unpaired) electrons. The summed E-state index contributed by atoms with van der Waals surface area (Å²) in [6.07, 6.45) is 0.967. The normalized spacial score (nSPS) is 17.9. The molecule has 1 aromatic carbocycles. The van der Waals surface area contributed by atoms with Crippen LogP contribution in [-0.4, -0.2) is 52.2 Å². The van der Waals surface area contributed by atoms with E-state index in [0.717, 1.165) is 28.0 Å². The van der Waals surface area contributed by atoms with Gasteiger partial charge in [-0.05, 0) is 18.2 Å². The van der Waals surface area contributed by atoms with Gasteiger partial charge in [-0.15, -0.1) is 0 Å². The largest absolute Gasteiger partial charge is 0.465 e. The molecule has 1 fully saturated rings. The molecule has 4 rings (SSSR count). The second kappa shape index (κ2) is 5.61. The van der Waals surface area contributed by atoms with E-state index in [9.17, 15) is 4.79 Å². The fourth-order valence-corrected chi connectivity index (χ4v) is 3.46. The molecule has 1 aromatic heterocycles. The minimum atomic E-state index is -0.883. The fraction of sp³-hybridized carbons (Fsp3) is 0.312. The van der Waals surface area contributed by atoms with Gasteiger partial charge in [-0.3, -0.25) is 0 Å². The maximum atomic E-state index is 11.1. The van der Waals surface area contributed by atoms with Crippen molar-refractivity contribution in [3.63, 3.8) is 0 Å². The third-order valence-electron chi connectivity index (χ3n) is 4.51. The van der Waals surface area contributed by atoms with Gasteiger partial charge in [0, 0.05) is 48.4 Å². The SMILES string of the molecule is NN1C=C(N2CCN(C(=O)O)CC2)c2oc3ccc(Cl)cc3c2C1. The van der Waals surface area contributed by atoms with Crippen molar-refractivity contribution in [3.05, 3.63) is 40.7 Å². The molecule has 8 heteroatoms. The first-order chi connectivity index (χ1) is 11.5. The van der Waals surface area contributed by atoms with Crippen LogP contribution < -0.4 is 5.84 Å². The van der Waals surface area contributed by atoms with E-state index < -0.39 is 6.09 Å². The third kappa shape index (κ3) is 2.46. The van der Waals surface area contributed by atoms with Crippen molar-refractivity contribution in [2.45, 2.75) is 6.54 Å². The van der Waals surface area contributed by atoms with Gasteiger partial charge in [-0.25, -0.2) is 10.6 Å². The van der Waals surface area contributed by atoms with Crippen molar-refractivity contribution in [1.29, 1.82) is 0 Å². The molecule has 0 unspecified atom stereocenters. The molecular formula is C16H17ClN4O3. The second-order valence-corrected chi connectivity index (χ2v) is 6.43. The number of piperazine rings is 1. The summed E-state index contributed by atoms with van der Waals surface area (Å²) in [4.78, 5) is 14.6. The average Bonchev–Trinajstić information content (AvgIpc) is 2.92. The van der Waals surface area contributed by atoms with Crippen LogP contribution in [0.25, 0.3) is 16.7 Å². The number of fused-ring (bicyclic) bond motifs is 3. The number of carboxylic acid groups (broad SMARTS) is 1. The van der Waals surface area contributed by atoms with E-state index in [-0.39, 0.29) is 0 Å². The smallest absolute Gasteiger partial charge is 0.407 e. The van der Waals surface area contributed by atoms with Crippen LogP contribution in [0, 0.1) is 0 Å². The predicted molar refractivity (Wildman–Crippen MR) is 90.1 cm³/mol. The molecule has 2 aliphatic heterocycles. The summed E-state index contributed by atoms with van der Waals surface area (Å²) in [5.41, 5.74) is 2.67. The first-order valence-corrected chi connectivity index (χ1v) is 8.08. The maximum absolute atomic E-state index is 11.1. The number of carbonyl (C=O) groups is 1. The number of hydrogen-bond donors (Lipinski definition) is 2. The van der Waals surface area contributed by atoms with E-state index in [4.69, 9.17) is 27.0 Å². The van der Waals surface area contributed by atoms with Crippen LogP contribution in [0.4, 0.5) is 4.79 Å². The minimum Gasteiger partial charge on any atom is -0.465 e. The average molecular weight is 349 g/mol. The molecule has 2 aromatic rings. The van der Waals surface area contributed by atoms with Crippen LogP contribution in [0.1, 0.15) is 11.3 Å². The topological polar surface area (TPSA) is 86.2 Å². The van der Waals surface area contributed by atoms with Crippen molar-refractivity contribution < 1.29 is 14.3 Å². The lowest BCUT2D eigenvalue weighted by Gasteiger charge is -2.37. The van der Waals surface area contributed by atoms with Gasteiger partial charge in [0.25, 0.3) is 0 Å². The molecule has 0 aliphatic carbocycles. The Morgan fingerprint density at radius 3 is 2.71 bits per heavy atom. The Labute approximate surface area is 143 Å². The highest BCUT2D eigenvalue weighted by atomic mass is 35.5. The third-order valence-corrected chi connectivity index (χ3v) is 4.74. The van der Waals surface area contributed by atoms with Gasteiger partial charge in [-0.1, -0.05) is 11.6 Å². The monoisotopic (exact) mass is 348 g/mol. The molecule has 126 valence electrons. The van der Waals surface area contributed by atoms with Crippen molar-refractivity contribution in [1.82, 2.24) is 14.8 Å². The van der Waals surface area contributed by atoms with E-state index in [2.05, 4.69) is 4.90 Å². The van der Waals surface area contributed by atoms with E-state index >= 15 is 0 Å². The molecule has 0 bridgehead atoms. The van der Waals surface area contributed by atoms with E-state index in [1.54, 1.807) is 11.1 Å². The number of nitrogens with two attached hydrogens (primary N) is 1. The Morgan fingerprint density at radius 2 is 2.00 bits per heavy atom. The lowest BCUT2D eigenvalue weighted by atomic mass is 10.1. The zero-order valence-corrected chi connectivity index (χ0v) is 13.7. The molecule has 3 N–H and O–H groups in total. The van der Waals surface area contributed by atoms with E-state index in [0.29, 0.717) is 37.7 Å². The van der Waals surface area contributed by atoms with Crippen molar-refractivity contribution in [3.8, 4) is 0 Å². The van der Waals surface area contributed by atoms with Crippen LogP contribution >= 0.6 is 11.6 Å². The number of amides is 1. The molecule has 0 atom stereocenters. The predicted octanol–water partition coefficient (Wildman–Crippen LogP) is 2.37. The lowest BCUT2D eigenvalue weighted by molar-refractivity contribution is 0.121. The van der Waals surface area contributed by atoms with Gasteiger partial charge >= 0.3 is 6.09 Å². The Morgan fingerprint density at radius 1 is 1.25 bits per heavy atom. The van der Waals surface area contributed by atoms with Crippen molar-refractivity contribution in [2.75, 3.05) is 26.2 Å². The first-order valence-electron chi connectivity index (χ1n) is 7.70. The quantitative estimate of drug-likeness (QED) is 0.769. The molecular weight excluding hydrogens is 332 g/mol. The van der Waals surface area contributed by atoms with Gasteiger partial charge in [0.1, 0.15) is 5.58 Å². The number of benzene rings is 1. The molecule has 1 amide bonds. The highest BCUT2D eigenvalue weighted by Gasteiger charge is 2.29. The minimum absolute atomic E-state index is 0.457. The van der Waals surface area contributed by atoms with Crippen LogP contribution in [0.3, 0.4) is 0 Å². The van der Waals surface area contributed by atoms with Gasteiger partial charge in [-0.2, -0.15) is 0 Å². The highest BCUT2D eigenvalue weighted by molar-refractivity contribution is 6.31. The molecule has 3 heterocycles. The standard InChI is InChI=1S/C16H17ClN4O3/c17-10-1-2-14-11(7-10)12-8-21(18)9-13(15(12)24-14)19-3-5-20(6-4-19)16(22)23/h1-2,7,9H,3-6,8,18H2,(H,22,23). The van der Waals surface area contributed by atoms with Crippen molar-refractivity contribution >= 4 is 34.4 Å². The Kier molecular flexibility index (Phi) is 3.54. The number of rotatable bonds is 1. The Balaban J connectivity index is 1.70. The maximum Gasteiger partial charge on any atom is 0.407 e. The summed E-state index contributed by atoms with van der Waals surface area (Å²) >= 11 is 6.11. The van der Waals surface area contributed by atoms with Crippen LogP contribution in [-0.2, 0) is 6.54 Å². The van der Waals surface area contributed by atoms with Gasteiger partial charge in [0.05, 0.1) is 12.2 Å². The zero-order valence-electron chi connectivity index (χ0n) is 12.9. The molecule has 24 heavy (non-hydrogen) atoms. The second-order valence-electron chi connectivity index (χ2n) is 5.99. The van der Waals surface area contributed by atoms with Crippen molar-refractivity contribution in [2.24, 2.45) is 5.84 Å². The number of nitrogens with zero attached hydrogens (tertiary/aromatic N) is 3. The van der Waals surface area contributed by atoms with E-state index in [1.165, 1.54) is 4.90 Å². The van der Waals surface area contributed by atoms with E-state index in [1.807, 2.05) is 18.3 Å². The molecule has 2 aliphatic rings. The summed E-state index contributed by atoms with van der Waals surface area (Å²) in [7, 11) is 0. The van der Waals surface area contributed by atoms with Gasteiger partial charge in [0.2, 0.25) is 0 Å². The molecule has 1 saturated heterocycles. The summed E-state index contributed by atoms with van der Waals surface area (Å²) in [6.45, 7) is 2.66. The Hall–Kier alpha value is -2.38. The van der Waals surface area contributed by atoms with Gasteiger partial charge in [0.15, 0.2) is 5.76 Å². The summed E-state index contributed by atoms with van der Waals surface area (Å²) in [6, 6.07) is 5.54. The number of hydrazine groups is 1. The molecule has 7 nitrogen and oxygen atoms in total. The number of furan rings is 1. The summed E-state index contributed by atoms with van der Waals surface area (Å²) in [5.74, 6) is 6.85. The molecule has 0 saturated carbocycles. The van der Waals surface area contributed by atoms with Gasteiger partial charge < -0.3 is 24.3 Å². The molecule has 0 spiro atoms. The zero-order chi connectivity index (χ0) is 16.8. The Bertz CT molecular complexity index is 839. The lowest BCUT2D eigenvalue weighted by Crippen LogP contribution is -2.48. The highest BCUT2D eigenvalue weighted by Crippen LogP contribution is 2.37. The number of hydrogen-bond acceptors (Lipinski definition) is 5. The summed E-state index contributed by atoms with van der Waals surface area (Å²) in [5, 5.41) is 12.3. The fourth-order valence-electron chi connectivity index (χ4n) is 3.29.